The molecule has 0 fully saturated rings. The van der Waals surface area contributed by atoms with Crippen LogP contribution in [0.3, 0.4) is 0 Å². The van der Waals surface area contributed by atoms with Crippen LogP contribution in [-0.4, -0.2) is 164 Å². The summed E-state index contributed by atoms with van der Waals surface area (Å²) in [6, 6.07) is 40.9. The van der Waals surface area contributed by atoms with Gasteiger partial charge in [-0.05, 0) is 168 Å². The van der Waals surface area contributed by atoms with Gasteiger partial charge in [0, 0.05) is 191 Å². The number of carbonyl (C=O) groups excluding carboxylic acids is 3. The molecule has 2 radical (unpaired) electrons. The molecule has 0 atom stereocenters. The van der Waals surface area contributed by atoms with E-state index in [1.807, 2.05) is 188 Å². The molecular formula is C96H88F6Ir2N21Na6O15-3. The van der Waals surface area contributed by atoms with Crippen molar-refractivity contribution in [3.8, 4) is 28.6 Å². The largest absolute Gasteiger partial charge is 1.00 e. The summed E-state index contributed by atoms with van der Waals surface area (Å²) in [5.74, 6) is -4.57. The Labute approximate surface area is 993 Å². The molecule has 36 nitrogen and oxygen atoms in total. The Morgan fingerprint density at radius 2 is 0.911 bits per heavy atom. The van der Waals surface area contributed by atoms with Crippen LogP contribution in [0.15, 0.2) is 187 Å². The van der Waals surface area contributed by atoms with Crippen molar-refractivity contribution >= 4 is 142 Å². The predicted octanol–water partition coefficient (Wildman–Crippen LogP) is -4.07. The molecule has 50 heteroatoms. The number of imidazole rings is 2. The first kappa shape index (κ1) is 130. The minimum Gasteiger partial charge on any atom is -1.00 e. The summed E-state index contributed by atoms with van der Waals surface area (Å²) in [5.41, 5.74) is 24.3. The average molecular weight is 2410 g/mol. The number of nitrogens with zero attached hydrogens (tertiary/aromatic N) is 21. The fourth-order valence-electron chi connectivity index (χ4n) is 15.1. The summed E-state index contributed by atoms with van der Waals surface area (Å²) in [6.07, 6.45) is 10.1. The van der Waals surface area contributed by atoms with Crippen LogP contribution >= 0.6 is 0 Å². The fourth-order valence-corrected chi connectivity index (χ4v) is 15.1. The second-order valence-corrected chi connectivity index (χ2v) is 30.6. The standard InChI is InChI=1S/C16H14N3.C15H10N3.C14H13F3N4.C13H11F3N5.C13H10N2O2.2C11H12N2O2.3CH2O3.2Ir.6Na.3H/c1-12-5-3-6-13(2)15(12)19-10-9-18-16(19)14-7-4-8-17-11-14;1-10-6-7-12-14(17-10)11-4-2-3-5-13(11)18-9-8-16-15(12)18;1-7-8(2)21(3)12-4-10(18-5-9(7)12)11-6-19-13(20-11)14(15,16)17;1-6-7(2)21(3)10-4-9(17-5-8(6)10)11-18-12(20-19-11)13(14,15)16;1-15-11-5-3-2-4-8(11)9-6-10(13(16)17)14-7-12(9)15;1-6-7(2)13(3)10-4-9(11(14)15)12-5-8(6)10;1-6-7(2)13(3)10-5-12-9(11(14)15)4-8(6)10;3*2-1-4-3;;;;;;;;;;;/h3-6,8-11H,1-2H3;2-6,8-9H,1H3;4-5H,6H2,1-3H3;4-5H,1-3H3;2-7H,1H3,(H,16,17);2*4-5H,1-3H3,(H,14,15);3*1,3H;;;;;;;;;;;/q2*-1;;-1;;;;;;;;;6*+1;3*-1/p-3. The number of rotatable bonds is 10. The van der Waals surface area contributed by atoms with Gasteiger partial charge in [0.15, 0.2) is 0 Å². The SMILES string of the molecule is Cc1c(C)n(C)c2cc(-c3nc(C(F)(F)F)n[n-]3)ncc12.Cc1c(C)n(C)c2cc(C(=O)O)ncc12.Cc1c(C)n(C)c2cc(C3=NC(C(F)(F)F)=NC3)ncc12.Cc1c(C)n(C)c2cnc(C(=O)O)cc12.Cc1c[c-]c2c(n1)c1ccccc1n1ccnc21.Cc1cccc(C)c1-n1ccnc1-c1[c-]ccnc1.Cn1c2ccccc2c2cc(C(=O)O)ncc21.O=CO[O-].O=CO[O-].O=CO[O-].[H-].[H-].[H-].[Ir].[Ir].[Na+].[Na+].[Na+].[Na+].[Na+].[Na+]. The third kappa shape index (κ3) is 30.1. The summed E-state index contributed by atoms with van der Waals surface area (Å²) in [7, 11) is 9.64. The van der Waals surface area contributed by atoms with Crippen LogP contribution in [0.4, 0.5) is 26.3 Å². The molecule has 0 amide bonds. The number of benzene rings is 3. The van der Waals surface area contributed by atoms with E-state index >= 15 is 0 Å². The topological polar surface area (TPSA) is 475 Å². The van der Waals surface area contributed by atoms with Crippen LogP contribution < -0.4 is 198 Å². The maximum absolute atomic E-state index is 12.6. The number of carboxylic acids is 3. The van der Waals surface area contributed by atoms with Crippen LogP contribution in [0.5, 0.6) is 0 Å². The molecule has 3 N–H and O–H groups in total. The first-order valence-corrected chi connectivity index (χ1v) is 41.1. The van der Waals surface area contributed by atoms with Crippen LogP contribution in [-0.2, 0) is 111 Å². The van der Waals surface area contributed by atoms with Gasteiger partial charge in [0.05, 0.1) is 75.1 Å². The van der Waals surface area contributed by atoms with E-state index in [0.29, 0.717) is 5.69 Å². The van der Waals surface area contributed by atoms with Gasteiger partial charge < -0.3 is 102 Å². The number of amidine groups is 1. The Morgan fingerprint density at radius 3 is 1.40 bits per heavy atom. The number of halogens is 6. The number of hydrogen-bond acceptors (Lipinski definition) is 25. The number of aliphatic imine (C=N–C) groups is 2. The number of carbonyl (C=O) groups is 6. The van der Waals surface area contributed by atoms with Crippen molar-refractivity contribution in [1.29, 1.82) is 0 Å². The number of carboxylic acid groups (broad SMARTS) is 3. The smallest absolute Gasteiger partial charge is 1.00 e. The molecule has 19 aromatic rings. The van der Waals surface area contributed by atoms with E-state index < -0.39 is 41.9 Å². The third-order valence-corrected chi connectivity index (χ3v) is 22.9. The van der Waals surface area contributed by atoms with Gasteiger partial charge >= 0.3 is 208 Å². The molecule has 0 saturated carbocycles. The number of aromatic carboxylic acids is 3. The Morgan fingerprint density at radius 1 is 0.466 bits per heavy atom. The van der Waals surface area contributed by atoms with Crippen LogP contribution in [0.1, 0.15) is 109 Å². The second kappa shape index (κ2) is 58.4. The van der Waals surface area contributed by atoms with Crippen molar-refractivity contribution < 1.29 is 323 Å². The zero-order valence-corrected chi connectivity index (χ0v) is 100. The fraction of sp³-hybridized carbons (Fsp3) is 0.198. The minimum atomic E-state index is -4.60. The maximum atomic E-state index is 12.6. The van der Waals surface area contributed by atoms with Gasteiger partial charge in [0.1, 0.15) is 22.9 Å². The first-order valence-electron chi connectivity index (χ1n) is 41.1. The quantitative estimate of drug-likeness (QED) is 0.0223. The molecule has 736 valence electrons. The number of para-hydroxylation sites is 3. The van der Waals surface area contributed by atoms with E-state index in [0.717, 1.165) is 155 Å². The molecule has 0 bridgehead atoms. The van der Waals surface area contributed by atoms with Gasteiger partial charge in [-0.2, -0.15) is 26.3 Å². The molecule has 146 heavy (non-hydrogen) atoms. The number of aromatic nitrogens is 19. The Kier molecular flexibility index (Phi) is 52.1. The number of fused-ring (bicyclic) bond motifs is 13. The van der Waals surface area contributed by atoms with Crippen molar-refractivity contribution in [2.24, 2.45) is 45.2 Å². The summed E-state index contributed by atoms with van der Waals surface area (Å²) < 4.78 is 89.3. The second-order valence-electron chi connectivity index (χ2n) is 30.6. The van der Waals surface area contributed by atoms with Gasteiger partial charge in [-0.1, -0.05) is 84.9 Å². The van der Waals surface area contributed by atoms with Gasteiger partial charge in [-0.3, -0.25) is 44.4 Å². The van der Waals surface area contributed by atoms with Crippen molar-refractivity contribution in [2.45, 2.75) is 88.5 Å². The van der Waals surface area contributed by atoms with Crippen LogP contribution in [0.2, 0.25) is 0 Å². The predicted molar refractivity (Wildman–Crippen MR) is 496 cm³/mol. The molecule has 3 aromatic carbocycles. The van der Waals surface area contributed by atoms with Gasteiger partial charge in [-0.15, -0.1) is 24.3 Å². The van der Waals surface area contributed by atoms with Gasteiger partial charge in [0.2, 0.25) is 5.84 Å². The van der Waals surface area contributed by atoms with Gasteiger partial charge in [0.25, 0.3) is 19.4 Å². The van der Waals surface area contributed by atoms with Gasteiger partial charge in [-0.25, -0.2) is 34.3 Å². The third-order valence-electron chi connectivity index (χ3n) is 22.9. The van der Waals surface area contributed by atoms with Crippen molar-refractivity contribution in [2.75, 3.05) is 6.54 Å². The Bertz CT molecular complexity index is 7770. The zero-order chi connectivity index (χ0) is 101. The maximum Gasteiger partial charge on any atom is 1.00 e. The van der Waals surface area contributed by atoms with E-state index in [-0.39, 0.29) is 282 Å². The van der Waals surface area contributed by atoms with Crippen LogP contribution in [0, 0.1) is 88.3 Å². The van der Waals surface area contributed by atoms with E-state index in [1.165, 1.54) is 16.8 Å². The molecular weight excluding hydrogens is 2320 g/mol. The summed E-state index contributed by atoms with van der Waals surface area (Å²) in [6.45, 7) is 21.5. The number of alkyl halides is 6. The number of pyridine rings is 8. The van der Waals surface area contributed by atoms with Crippen molar-refractivity contribution in [3.05, 3.63) is 280 Å². The number of hydrogen-bond donors (Lipinski definition) is 3. The summed E-state index contributed by atoms with van der Waals surface area (Å²) >= 11 is 0. The van der Waals surface area contributed by atoms with E-state index in [2.05, 4.69) is 150 Å². The minimum absolute atomic E-state index is 0. The average Bonchev–Trinajstić information content (AvgIpc) is 1.74. The summed E-state index contributed by atoms with van der Waals surface area (Å²) in [5, 5.41) is 66.5. The molecule has 0 aliphatic carbocycles. The Balaban J connectivity index is 0.00000167. The zero-order valence-electron chi connectivity index (χ0n) is 86.2. The van der Waals surface area contributed by atoms with Crippen LogP contribution in [0.25, 0.3) is 121 Å². The molecule has 1 aliphatic heterocycles. The van der Waals surface area contributed by atoms with E-state index in [9.17, 15) is 40.7 Å². The molecule has 20 rings (SSSR count). The number of aryl methyl sites for hydroxylation is 12. The van der Waals surface area contributed by atoms with Crippen molar-refractivity contribution in [3.63, 3.8) is 0 Å². The molecule has 17 heterocycles. The monoisotopic (exact) mass is 2410 g/mol. The summed E-state index contributed by atoms with van der Waals surface area (Å²) in [4.78, 5) is 114. The normalized spacial score (nSPS) is 10.8. The molecule has 1 aliphatic rings. The van der Waals surface area contributed by atoms with E-state index in [4.69, 9.17) is 45.5 Å². The Hall–Kier alpha value is -9.85. The van der Waals surface area contributed by atoms with Crippen molar-refractivity contribution in [1.82, 2.24) is 91.8 Å². The molecule has 0 spiro atoms. The molecule has 16 aromatic heterocycles. The molecule has 0 saturated heterocycles. The molecule has 0 unspecified atom stereocenters. The van der Waals surface area contributed by atoms with E-state index in [1.54, 1.807) is 79.8 Å². The first-order chi connectivity index (χ1) is 65.7.